The van der Waals surface area contributed by atoms with E-state index in [9.17, 15) is 18.7 Å². The number of thioether (sulfide) groups is 1. The van der Waals surface area contributed by atoms with Gasteiger partial charge in [-0.3, -0.25) is 4.79 Å². The Bertz CT molecular complexity index is 967. The zero-order chi connectivity index (χ0) is 16.8. The van der Waals surface area contributed by atoms with Gasteiger partial charge in [0.2, 0.25) is 0 Å². The van der Waals surface area contributed by atoms with Crippen LogP contribution < -0.4 is 0 Å². The number of hydrogen-bond acceptors (Lipinski definition) is 2. The molecule has 3 aromatic rings. The maximum absolute atomic E-state index is 14.3. The molecule has 1 aromatic heterocycles. The van der Waals surface area contributed by atoms with Crippen molar-refractivity contribution in [1.29, 1.82) is 0 Å². The molecular weight excluding hydrogens is 332 g/mol. The van der Waals surface area contributed by atoms with Crippen LogP contribution in [-0.4, -0.2) is 22.3 Å². The fourth-order valence-electron chi connectivity index (χ4n) is 3.37. The number of fused-ring (bicyclic) bond motifs is 5. The Morgan fingerprint density at radius 2 is 2.00 bits per heavy atom. The van der Waals surface area contributed by atoms with E-state index in [2.05, 4.69) is 0 Å². The zero-order valence-corrected chi connectivity index (χ0v) is 13.3. The average molecular weight is 345 g/mol. The summed E-state index contributed by atoms with van der Waals surface area (Å²) in [5.41, 5.74) is 2.62. The van der Waals surface area contributed by atoms with Crippen LogP contribution in [0.15, 0.2) is 47.4 Å². The number of carbonyl (C=O) groups is 1. The molecule has 4 rings (SSSR count). The van der Waals surface area contributed by atoms with Crippen LogP contribution in [0.3, 0.4) is 0 Å². The van der Waals surface area contributed by atoms with Crippen LogP contribution in [0.1, 0.15) is 10.8 Å². The number of para-hydroxylation sites is 1. The monoisotopic (exact) mass is 345 g/mol. The van der Waals surface area contributed by atoms with Gasteiger partial charge in [0.15, 0.2) is 0 Å². The van der Waals surface area contributed by atoms with Crippen molar-refractivity contribution in [2.24, 2.45) is 0 Å². The van der Waals surface area contributed by atoms with Gasteiger partial charge < -0.3 is 9.67 Å². The lowest BCUT2D eigenvalue weighted by Crippen LogP contribution is -2.14. The van der Waals surface area contributed by atoms with Gasteiger partial charge in [-0.1, -0.05) is 30.3 Å². The molecule has 1 atom stereocenters. The first-order valence-electron chi connectivity index (χ1n) is 7.49. The van der Waals surface area contributed by atoms with E-state index < -0.39 is 23.7 Å². The lowest BCUT2D eigenvalue weighted by atomic mass is 10.0. The van der Waals surface area contributed by atoms with E-state index in [0.717, 1.165) is 22.7 Å². The lowest BCUT2D eigenvalue weighted by Gasteiger charge is -2.24. The lowest BCUT2D eigenvalue weighted by molar-refractivity contribution is -0.136. The Hall–Kier alpha value is -2.34. The standard InChI is InChI=1S/C18H13F2NO2S/c19-8-9-21-13-7-2-1-4-10(13)14-15(21)11-5-3-6-12(20)16(11)24-17(14)18(22)23/h1-7,17H,8-9H2,(H,22,23). The molecule has 0 aliphatic carbocycles. The van der Waals surface area contributed by atoms with Crippen molar-refractivity contribution in [3.05, 3.63) is 53.8 Å². The molecule has 1 aliphatic heterocycles. The Kier molecular flexibility index (Phi) is 3.57. The highest BCUT2D eigenvalue weighted by Gasteiger charge is 2.36. The first-order valence-corrected chi connectivity index (χ1v) is 8.37. The Morgan fingerprint density at radius 1 is 1.21 bits per heavy atom. The van der Waals surface area contributed by atoms with Crippen LogP contribution in [0.5, 0.6) is 0 Å². The van der Waals surface area contributed by atoms with Crippen molar-refractivity contribution in [3.8, 4) is 11.3 Å². The van der Waals surface area contributed by atoms with Crippen molar-refractivity contribution in [2.75, 3.05) is 6.67 Å². The molecule has 2 heterocycles. The van der Waals surface area contributed by atoms with Gasteiger partial charge in [0.25, 0.3) is 0 Å². The highest BCUT2D eigenvalue weighted by Crippen LogP contribution is 2.53. The first-order chi connectivity index (χ1) is 11.6. The smallest absolute Gasteiger partial charge is 0.321 e. The minimum Gasteiger partial charge on any atom is -0.480 e. The number of nitrogens with zero attached hydrogens (tertiary/aromatic N) is 1. The zero-order valence-electron chi connectivity index (χ0n) is 12.5. The summed E-state index contributed by atoms with van der Waals surface area (Å²) in [5.74, 6) is -1.48. The summed E-state index contributed by atoms with van der Waals surface area (Å²) in [6, 6.07) is 12.0. The van der Waals surface area contributed by atoms with E-state index >= 15 is 0 Å². The third kappa shape index (κ3) is 2.06. The topological polar surface area (TPSA) is 42.2 Å². The molecule has 0 radical (unpaired) electrons. The van der Waals surface area contributed by atoms with Crippen molar-refractivity contribution in [1.82, 2.24) is 4.57 Å². The van der Waals surface area contributed by atoms with Gasteiger partial charge in [-0.25, -0.2) is 8.78 Å². The summed E-state index contributed by atoms with van der Waals surface area (Å²) < 4.78 is 29.2. The quantitative estimate of drug-likeness (QED) is 0.751. The molecule has 6 heteroatoms. The number of hydrogen-bond donors (Lipinski definition) is 1. The van der Waals surface area contributed by atoms with Crippen molar-refractivity contribution in [3.63, 3.8) is 0 Å². The molecule has 1 unspecified atom stereocenters. The number of aliphatic carboxylic acids is 1. The van der Waals surface area contributed by atoms with E-state index in [-0.39, 0.29) is 6.54 Å². The van der Waals surface area contributed by atoms with E-state index in [4.69, 9.17) is 0 Å². The summed E-state index contributed by atoms with van der Waals surface area (Å²) >= 11 is 0.999. The molecule has 0 bridgehead atoms. The second-order valence-corrected chi connectivity index (χ2v) is 6.69. The molecule has 3 nitrogen and oxygen atoms in total. The van der Waals surface area contributed by atoms with Crippen LogP contribution in [0.2, 0.25) is 0 Å². The number of carboxylic acid groups (broad SMARTS) is 1. The van der Waals surface area contributed by atoms with Crippen LogP contribution in [0.25, 0.3) is 22.2 Å². The van der Waals surface area contributed by atoms with Crippen molar-refractivity contribution >= 4 is 28.6 Å². The number of halogens is 2. The predicted molar refractivity (Wildman–Crippen MR) is 89.5 cm³/mol. The predicted octanol–water partition coefficient (Wildman–Crippen LogP) is 4.65. The van der Waals surface area contributed by atoms with Gasteiger partial charge in [-0.2, -0.15) is 0 Å². The molecule has 24 heavy (non-hydrogen) atoms. The highest BCUT2D eigenvalue weighted by molar-refractivity contribution is 8.00. The third-order valence-corrected chi connectivity index (χ3v) is 5.59. The summed E-state index contributed by atoms with van der Waals surface area (Å²) in [7, 11) is 0. The number of rotatable bonds is 3. The van der Waals surface area contributed by atoms with Crippen molar-refractivity contribution < 1.29 is 18.7 Å². The van der Waals surface area contributed by atoms with E-state index in [0.29, 0.717) is 21.7 Å². The van der Waals surface area contributed by atoms with Gasteiger partial charge >= 0.3 is 5.97 Å². The maximum Gasteiger partial charge on any atom is 0.321 e. The Balaban J connectivity index is 2.15. The molecule has 0 amide bonds. The van der Waals surface area contributed by atoms with Gasteiger partial charge in [0.1, 0.15) is 17.7 Å². The second-order valence-electron chi connectivity index (χ2n) is 5.57. The minimum atomic E-state index is -1.03. The number of aromatic nitrogens is 1. The average Bonchev–Trinajstić information content (AvgIpc) is 2.90. The van der Waals surface area contributed by atoms with Gasteiger partial charge in [-0.05, 0) is 12.1 Å². The molecule has 0 saturated carbocycles. The molecule has 0 fully saturated rings. The molecule has 0 saturated heterocycles. The summed E-state index contributed by atoms with van der Waals surface area (Å²) in [5, 5.41) is 9.53. The summed E-state index contributed by atoms with van der Waals surface area (Å²) in [6.07, 6.45) is 0. The normalized spacial score (nSPS) is 16.0. The Labute approximate surface area is 140 Å². The van der Waals surface area contributed by atoms with Gasteiger partial charge in [-0.15, -0.1) is 11.8 Å². The van der Waals surface area contributed by atoms with E-state index in [1.165, 1.54) is 6.07 Å². The molecule has 122 valence electrons. The molecular formula is C18H13F2NO2S. The maximum atomic E-state index is 14.3. The molecule has 1 aliphatic rings. The largest absolute Gasteiger partial charge is 0.480 e. The fourth-order valence-corrected chi connectivity index (χ4v) is 4.53. The molecule has 0 spiro atoms. The highest BCUT2D eigenvalue weighted by atomic mass is 32.2. The number of carboxylic acids is 1. The van der Waals surface area contributed by atoms with Gasteiger partial charge in [0.05, 0.1) is 17.1 Å². The fraction of sp³-hybridized carbons (Fsp3) is 0.167. The molecule has 2 aromatic carbocycles. The number of aryl methyl sites for hydroxylation is 1. The first kappa shape index (κ1) is 15.2. The molecule has 1 N–H and O–H groups in total. The number of alkyl halides is 1. The SMILES string of the molecule is O=C(O)C1Sc2c(F)cccc2-c2c1c1ccccc1n2CCF. The van der Waals surface area contributed by atoms with Crippen LogP contribution in [0, 0.1) is 5.82 Å². The number of benzene rings is 2. The van der Waals surface area contributed by atoms with Crippen LogP contribution in [0.4, 0.5) is 8.78 Å². The van der Waals surface area contributed by atoms with Gasteiger partial charge in [0, 0.05) is 22.0 Å². The minimum absolute atomic E-state index is 0.100. The van der Waals surface area contributed by atoms with E-state index in [1.807, 2.05) is 24.3 Å². The Morgan fingerprint density at radius 3 is 2.75 bits per heavy atom. The summed E-state index contributed by atoms with van der Waals surface area (Å²) in [4.78, 5) is 12.1. The van der Waals surface area contributed by atoms with Crippen LogP contribution in [-0.2, 0) is 11.3 Å². The second kappa shape index (κ2) is 5.63. The van der Waals surface area contributed by atoms with Crippen LogP contribution >= 0.6 is 11.8 Å². The van der Waals surface area contributed by atoms with E-state index in [1.54, 1.807) is 16.7 Å². The van der Waals surface area contributed by atoms with Crippen molar-refractivity contribution in [2.45, 2.75) is 16.7 Å². The summed E-state index contributed by atoms with van der Waals surface area (Å²) in [6.45, 7) is -0.483. The third-order valence-electron chi connectivity index (χ3n) is 4.26.